The molecule has 1 atom stereocenters. The molecule has 1 saturated heterocycles. The summed E-state index contributed by atoms with van der Waals surface area (Å²) in [5, 5.41) is 46.1. The Labute approximate surface area is 187 Å². The lowest BCUT2D eigenvalue weighted by Gasteiger charge is -2.34. The zero-order valence-corrected chi connectivity index (χ0v) is 16.7. The van der Waals surface area contributed by atoms with Gasteiger partial charge in [-0.25, -0.2) is 14.7 Å². The van der Waals surface area contributed by atoms with E-state index in [1.165, 1.54) is 12.1 Å². The molecule has 4 rings (SSSR count). The SMILES string of the molecule is O=C1CC(=O)N(C(c2ccc([N+](=O)[O-])cc2)n2cnnn2)N1c1ccc([N+](=O)[O-])cc1[N+](=O)[O-]. The normalized spacial score (nSPS) is 14.4. The number of anilines is 1. The van der Waals surface area contributed by atoms with Crippen LogP contribution in [0, 0.1) is 30.3 Å². The predicted octanol–water partition coefficient (Wildman–Crippen LogP) is 1.13. The van der Waals surface area contributed by atoms with Gasteiger partial charge < -0.3 is 0 Å². The molecule has 0 saturated carbocycles. The van der Waals surface area contributed by atoms with Gasteiger partial charge in [-0.05, 0) is 34.2 Å². The number of nitro benzene ring substituents is 3. The van der Waals surface area contributed by atoms with Crippen LogP contribution in [0.3, 0.4) is 0 Å². The topological polar surface area (TPSA) is 214 Å². The number of benzene rings is 2. The average molecular weight is 469 g/mol. The molecule has 1 aromatic heterocycles. The molecular weight excluding hydrogens is 458 g/mol. The Morgan fingerprint density at radius 2 is 1.50 bits per heavy atom. The summed E-state index contributed by atoms with van der Waals surface area (Å²) in [4.78, 5) is 57.1. The van der Waals surface area contributed by atoms with E-state index in [1.807, 2.05) is 0 Å². The first-order valence-electron chi connectivity index (χ1n) is 9.23. The molecule has 0 N–H and O–H groups in total. The monoisotopic (exact) mass is 469 g/mol. The fraction of sp³-hybridized carbons (Fsp3) is 0.118. The summed E-state index contributed by atoms with van der Waals surface area (Å²) in [7, 11) is 0. The van der Waals surface area contributed by atoms with Gasteiger partial charge in [0.25, 0.3) is 23.2 Å². The highest BCUT2D eigenvalue weighted by Gasteiger charge is 2.45. The van der Waals surface area contributed by atoms with E-state index < -0.39 is 56.2 Å². The van der Waals surface area contributed by atoms with Gasteiger partial charge in [-0.2, -0.15) is 0 Å². The first-order valence-corrected chi connectivity index (χ1v) is 9.23. The summed E-state index contributed by atoms with van der Waals surface area (Å²) in [6.45, 7) is 0. The van der Waals surface area contributed by atoms with E-state index in [4.69, 9.17) is 0 Å². The second-order valence-corrected chi connectivity index (χ2v) is 6.82. The van der Waals surface area contributed by atoms with Crippen molar-refractivity contribution in [1.82, 2.24) is 25.2 Å². The number of carbonyl (C=O) groups is 2. The first-order chi connectivity index (χ1) is 16.2. The summed E-state index contributed by atoms with van der Waals surface area (Å²) in [6, 6.07) is 7.54. The fourth-order valence-electron chi connectivity index (χ4n) is 3.42. The number of hydrogen-bond acceptors (Lipinski definition) is 11. The van der Waals surface area contributed by atoms with Gasteiger partial charge in [0.1, 0.15) is 18.4 Å². The lowest BCUT2D eigenvalue weighted by atomic mass is 10.1. The summed E-state index contributed by atoms with van der Waals surface area (Å²) >= 11 is 0. The summed E-state index contributed by atoms with van der Waals surface area (Å²) in [6.07, 6.45) is -0.825. The molecule has 1 fully saturated rings. The van der Waals surface area contributed by atoms with Crippen LogP contribution in [0.1, 0.15) is 18.2 Å². The van der Waals surface area contributed by atoms with E-state index in [1.54, 1.807) is 0 Å². The summed E-state index contributed by atoms with van der Waals surface area (Å²) in [5.41, 5.74) is -1.79. The molecule has 0 spiro atoms. The Morgan fingerprint density at radius 1 is 0.853 bits per heavy atom. The van der Waals surface area contributed by atoms with Crippen LogP contribution in [0.5, 0.6) is 0 Å². The van der Waals surface area contributed by atoms with E-state index in [9.17, 15) is 39.9 Å². The molecule has 17 nitrogen and oxygen atoms in total. The van der Waals surface area contributed by atoms with Gasteiger partial charge in [-0.1, -0.05) is 0 Å². The summed E-state index contributed by atoms with van der Waals surface area (Å²) < 4.78 is 1.07. The minimum Gasteiger partial charge on any atom is -0.272 e. The van der Waals surface area contributed by atoms with Crippen molar-refractivity contribution in [3.63, 3.8) is 0 Å². The number of non-ortho nitro benzene ring substituents is 2. The van der Waals surface area contributed by atoms with Crippen molar-refractivity contribution in [1.29, 1.82) is 0 Å². The molecule has 3 aromatic rings. The molecule has 34 heavy (non-hydrogen) atoms. The Balaban J connectivity index is 1.88. The molecule has 17 heteroatoms. The number of rotatable bonds is 7. The van der Waals surface area contributed by atoms with Crippen molar-refractivity contribution in [2.75, 3.05) is 5.01 Å². The molecule has 0 bridgehead atoms. The smallest absolute Gasteiger partial charge is 0.272 e. The first kappa shape index (κ1) is 21.9. The number of hydrogen-bond donors (Lipinski definition) is 0. The third-order valence-electron chi connectivity index (χ3n) is 4.85. The predicted molar refractivity (Wildman–Crippen MR) is 108 cm³/mol. The number of amides is 2. The quantitative estimate of drug-likeness (QED) is 0.271. The maximum absolute atomic E-state index is 12.9. The Morgan fingerprint density at radius 3 is 2.06 bits per heavy atom. The summed E-state index contributed by atoms with van der Waals surface area (Å²) in [5.74, 6) is -1.63. The van der Waals surface area contributed by atoms with Crippen LogP contribution >= 0.6 is 0 Å². The van der Waals surface area contributed by atoms with Crippen molar-refractivity contribution in [3.8, 4) is 0 Å². The molecule has 2 aromatic carbocycles. The van der Waals surface area contributed by atoms with Gasteiger partial charge in [0.05, 0.1) is 20.8 Å². The molecule has 172 valence electrons. The number of tetrazole rings is 1. The van der Waals surface area contributed by atoms with Gasteiger partial charge in [-0.3, -0.25) is 39.9 Å². The van der Waals surface area contributed by atoms with Gasteiger partial charge in [0.15, 0.2) is 6.17 Å². The second kappa shape index (κ2) is 8.30. The van der Waals surface area contributed by atoms with Crippen molar-refractivity contribution >= 4 is 34.6 Å². The van der Waals surface area contributed by atoms with Crippen molar-refractivity contribution < 1.29 is 24.4 Å². The third-order valence-corrected chi connectivity index (χ3v) is 4.85. The van der Waals surface area contributed by atoms with Gasteiger partial charge in [0, 0.05) is 18.2 Å². The van der Waals surface area contributed by atoms with E-state index in [0.29, 0.717) is 6.07 Å². The van der Waals surface area contributed by atoms with Crippen molar-refractivity contribution in [3.05, 3.63) is 84.7 Å². The van der Waals surface area contributed by atoms with E-state index in [-0.39, 0.29) is 11.3 Å². The van der Waals surface area contributed by atoms with Crippen LogP contribution in [-0.2, 0) is 9.59 Å². The van der Waals surface area contributed by atoms with Gasteiger partial charge in [-0.15, -0.1) is 5.10 Å². The van der Waals surface area contributed by atoms with E-state index in [0.717, 1.165) is 45.3 Å². The fourth-order valence-corrected chi connectivity index (χ4v) is 3.42. The van der Waals surface area contributed by atoms with Crippen LogP contribution in [-0.4, -0.2) is 51.8 Å². The van der Waals surface area contributed by atoms with Crippen molar-refractivity contribution in [2.24, 2.45) is 0 Å². The van der Waals surface area contributed by atoms with Crippen LogP contribution in [0.2, 0.25) is 0 Å². The third kappa shape index (κ3) is 3.72. The van der Waals surface area contributed by atoms with Crippen LogP contribution in [0.15, 0.2) is 48.8 Å². The maximum atomic E-state index is 12.9. The second-order valence-electron chi connectivity index (χ2n) is 6.82. The van der Waals surface area contributed by atoms with Gasteiger partial charge >= 0.3 is 5.69 Å². The Hall–Kier alpha value is -5.35. The molecular formula is C17H11N9O8. The Bertz CT molecular complexity index is 1330. The zero-order chi connectivity index (χ0) is 24.6. The zero-order valence-electron chi connectivity index (χ0n) is 16.7. The molecule has 0 aliphatic carbocycles. The van der Waals surface area contributed by atoms with Crippen LogP contribution in [0.4, 0.5) is 22.7 Å². The minimum atomic E-state index is -1.27. The lowest BCUT2D eigenvalue weighted by Crippen LogP contribution is -2.46. The average Bonchev–Trinajstić information content (AvgIpc) is 3.42. The number of nitrogens with zero attached hydrogens (tertiary/aromatic N) is 9. The van der Waals surface area contributed by atoms with E-state index in [2.05, 4.69) is 15.5 Å². The van der Waals surface area contributed by atoms with Crippen molar-refractivity contribution in [2.45, 2.75) is 12.6 Å². The molecule has 2 heterocycles. The van der Waals surface area contributed by atoms with Gasteiger partial charge in [0.2, 0.25) is 0 Å². The highest BCUT2D eigenvalue weighted by atomic mass is 16.6. The maximum Gasteiger partial charge on any atom is 0.301 e. The van der Waals surface area contributed by atoms with E-state index >= 15 is 0 Å². The lowest BCUT2D eigenvalue weighted by molar-refractivity contribution is -0.393. The molecule has 1 unspecified atom stereocenters. The molecule has 1 aliphatic rings. The number of nitro groups is 3. The highest BCUT2D eigenvalue weighted by Crippen LogP contribution is 2.39. The molecule has 0 radical (unpaired) electrons. The number of hydrazine groups is 1. The molecule has 1 aliphatic heterocycles. The number of carbonyl (C=O) groups excluding carboxylic acids is 2. The minimum absolute atomic E-state index is 0.232. The highest BCUT2D eigenvalue weighted by molar-refractivity contribution is 6.12. The number of aromatic nitrogens is 4. The molecule has 2 amide bonds. The standard InChI is InChI=1S/C17H11N9O8/c27-15-8-16(28)23(22(15)13-6-5-12(25(31)32)7-14(13)26(33)34)17(21-9-18-19-20-21)10-1-3-11(4-2-10)24(29)30/h1-7,9,17H,8H2. The Kier molecular flexibility index (Phi) is 5.34. The largest absolute Gasteiger partial charge is 0.301 e. The van der Waals surface area contributed by atoms with Crippen LogP contribution in [0.25, 0.3) is 0 Å². The van der Waals surface area contributed by atoms with Crippen LogP contribution < -0.4 is 5.01 Å².